The largest absolute Gasteiger partial charge is 0.332 e. The van der Waals surface area contributed by atoms with E-state index in [9.17, 15) is 18.8 Å². The van der Waals surface area contributed by atoms with E-state index < -0.39 is 23.1 Å². The van der Waals surface area contributed by atoms with Crippen molar-refractivity contribution in [1.82, 2.24) is 18.7 Å². The van der Waals surface area contributed by atoms with Crippen LogP contribution in [0.25, 0.3) is 11.2 Å². The van der Waals surface area contributed by atoms with E-state index in [2.05, 4.69) is 20.9 Å². The molecule has 3 aromatic rings. The Bertz CT molecular complexity index is 1130. The van der Waals surface area contributed by atoms with Gasteiger partial charge in [0.05, 0.1) is 12.6 Å². The zero-order valence-electron chi connectivity index (χ0n) is 14.4. The van der Waals surface area contributed by atoms with E-state index in [-0.39, 0.29) is 23.5 Å². The summed E-state index contributed by atoms with van der Waals surface area (Å²) in [5.41, 5.74) is -0.146. The highest BCUT2D eigenvalue weighted by Crippen LogP contribution is 2.22. The number of aryl methyl sites for hydroxylation is 1. The fraction of sp³-hybridized carbons (Fsp3) is 0.294. The lowest BCUT2D eigenvalue weighted by molar-refractivity contribution is -0.119. The Hall–Kier alpha value is -2.55. The van der Waals surface area contributed by atoms with Gasteiger partial charge in [-0.25, -0.2) is 14.2 Å². The molecule has 3 rings (SSSR count). The molecule has 0 amide bonds. The van der Waals surface area contributed by atoms with E-state index in [0.717, 1.165) is 4.57 Å². The molecule has 7 nitrogen and oxygen atoms in total. The first-order valence-corrected chi connectivity index (χ1v) is 8.63. The molecule has 0 aliphatic carbocycles. The maximum Gasteiger partial charge on any atom is 0.332 e. The van der Waals surface area contributed by atoms with Gasteiger partial charge >= 0.3 is 5.69 Å². The van der Waals surface area contributed by atoms with E-state index >= 15 is 0 Å². The van der Waals surface area contributed by atoms with Gasteiger partial charge in [-0.15, -0.1) is 0 Å². The van der Waals surface area contributed by atoms with Crippen molar-refractivity contribution in [1.29, 1.82) is 0 Å². The number of ketones is 1. The van der Waals surface area contributed by atoms with Crippen molar-refractivity contribution in [3.05, 3.63) is 61.2 Å². The number of benzene rings is 1. The topological polar surface area (TPSA) is 78.9 Å². The molecule has 1 aromatic carbocycles. The molecule has 0 aliphatic rings. The van der Waals surface area contributed by atoms with Crippen LogP contribution in [-0.2, 0) is 18.4 Å². The summed E-state index contributed by atoms with van der Waals surface area (Å²) in [5, 5.41) is 0. The van der Waals surface area contributed by atoms with Crippen LogP contribution >= 0.6 is 15.9 Å². The summed E-state index contributed by atoms with van der Waals surface area (Å²) in [4.78, 5) is 41.7. The fourth-order valence-corrected chi connectivity index (χ4v) is 3.41. The standard InChI is InChI=1S/C17H16BrFN4O3/c1-9(10(2)24)23-13-14(20-16(23)18)21(3)17(26)22(15(13)25)8-11-4-6-12(19)7-5-11/h4-7,9H,8H2,1-3H3. The van der Waals surface area contributed by atoms with Crippen LogP contribution in [0.5, 0.6) is 0 Å². The zero-order chi connectivity index (χ0) is 19.2. The molecule has 26 heavy (non-hydrogen) atoms. The Labute approximate surface area is 155 Å². The summed E-state index contributed by atoms with van der Waals surface area (Å²) in [6, 6.07) is 4.93. The minimum Gasteiger partial charge on any atom is -0.302 e. The number of aromatic nitrogens is 4. The number of carbonyl (C=O) groups excluding carboxylic acids is 1. The highest BCUT2D eigenvalue weighted by atomic mass is 79.9. The molecule has 0 spiro atoms. The number of nitrogens with zero attached hydrogens (tertiary/aromatic N) is 4. The van der Waals surface area contributed by atoms with Crippen molar-refractivity contribution < 1.29 is 9.18 Å². The first kappa shape index (κ1) is 18.2. The molecule has 2 heterocycles. The van der Waals surface area contributed by atoms with Crippen LogP contribution in [0.3, 0.4) is 0 Å². The van der Waals surface area contributed by atoms with Crippen molar-refractivity contribution in [2.45, 2.75) is 26.4 Å². The molecule has 0 saturated heterocycles. The predicted octanol–water partition coefficient (Wildman–Crippen LogP) is 2.00. The van der Waals surface area contributed by atoms with Crippen LogP contribution in [0, 0.1) is 5.82 Å². The molecular formula is C17H16BrFN4O3. The average molecular weight is 423 g/mol. The van der Waals surface area contributed by atoms with Crippen molar-refractivity contribution in [2.24, 2.45) is 7.05 Å². The first-order chi connectivity index (χ1) is 12.2. The van der Waals surface area contributed by atoms with Crippen LogP contribution in [-0.4, -0.2) is 24.5 Å². The molecule has 1 unspecified atom stereocenters. The molecule has 136 valence electrons. The Morgan fingerprint density at radius 3 is 2.46 bits per heavy atom. The van der Waals surface area contributed by atoms with E-state index in [4.69, 9.17) is 0 Å². The minimum atomic E-state index is -0.626. The maximum atomic E-state index is 13.1. The number of hydrogen-bond donors (Lipinski definition) is 0. The van der Waals surface area contributed by atoms with Gasteiger partial charge in [0, 0.05) is 7.05 Å². The average Bonchev–Trinajstić information content (AvgIpc) is 2.95. The third kappa shape index (κ3) is 2.92. The lowest BCUT2D eigenvalue weighted by Crippen LogP contribution is -2.40. The molecule has 0 bridgehead atoms. The second kappa shape index (κ2) is 6.64. The summed E-state index contributed by atoms with van der Waals surface area (Å²) in [7, 11) is 1.51. The number of carbonyl (C=O) groups is 1. The van der Waals surface area contributed by atoms with Crippen LogP contribution in [0.1, 0.15) is 25.5 Å². The van der Waals surface area contributed by atoms with Gasteiger partial charge in [0.25, 0.3) is 5.56 Å². The Morgan fingerprint density at radius 2 is 1.88 bits per heavy atom. The summed E-state index contributed by atoms with van der Waals surface area (Å²) < 4.78 is 17.2. The molecule has 0 saturated carbocycles. The van der Waals surface area contributed by atoms with E-state index in [1.807, 2.05) is 0 Å². The molecule has 0 aliphatic heterocycles. The SMILES string of the molecule is CC(=O)C(C)n1c(Br)nc2c1c(=O)n(Cc1ccc(F)cc1)c(=O)n2C. The van der Waals surface area contributed by atoms with Crippen molar-refractivity contribution >= 4 is 32.9 Å². The third-order valence-corrected chi connectivity index (χ3v) is 4.92. The molecular weight excluding hydrogens is 407 g/mol. The van der Waals surface area contributed by atoms with Gasteiger partial charge in [-0.1, -0.05) is 12.1 Å². The minimum absolute atomic E-state index is 0.0149. The summed E-state index contributed by atoms with van der Waals surface area (Å²) in [6.07, 6.45) is 0. The lowest BCUT2D eigenvalue weighted by atomic mass is 10.2. The first-order valence-electron chi connectivity index (χ1n) is 7.84. The number of hydrogen-bond acceptors (Lipinski definition) is 4. The summed E-state index contributed by atoms with van der Waals surface area (Å²) >= 11 is 3.27. The molecule has 2 aromatic heterocycles. The number of rotatable bonds is 4. The quantitative estimate of drug-likeness (QED) is 0.602. The van der Waals surface area contributed by atoms with E-state index in [0.29, 0.717) is 10.3 Å². The van der Waals surface area contributed by atoms with Gasteiger partial charge in [0.1, 0.15) is 5.82 Å². The van der Waals surface area contributed by atoms with Gasteiger partial charge in [0.2, 0.25) is 0 Å². The van der Waals surface area contributed by atoms with Crippen LogP contribution < -0.4 is 11.2 Å². The highest BCUT2D eigenvalue weighted by molar-refractivity contribution is 9.10. The summed E-state index contributed by atoms with van der Waals surface area (Å²) in [6.45, 7) is 3.06. The Kier molecular flexibility index (Phi) is 4.66. The van der Waals surface area contributed by atoms with Crippen LogP contribution in [0.4, 0.5) is 4.39 Å². The second-order valence-corrected chi connectivity index (χ2v) is 6.78. The lowest BCUT2D eigenvalue weighted by Gasteiger charge is -2.13. The summed E-state index contributed by atoms with van der Waals surface area (Å²) in [5.74, 6) is -0.551. The number of Topliss-reactive ketones (excluding diaryl/α,β-unsaturated/α-hetero) is 1. The van der Waals surface area contributed by atoms with Crippen molar-refractivity contribution in [3.63, 3.8) is 0 Å². The van der Waals surface area contributed by atoms with Crippen LogP contribution in [0.2, 0.25) is 0 Å². The zero-order valence-corrected chi connectivity index (χ0v) is 15.9. The van der Waals surface area contributed by atoms with Gasteiger partial charge in [-0.2, -0.15) is 0 Å². The van der Waals surface area contributed by atoms with Gasteiger partial charge in [0.15, 0.2) is 21.7 Å². The fourth-order valence-electron chi connectivity index (χ4n) is 2.76. The molecule has 1 atom stereocenters. The monoisotopic (exact) mass is 422 g/mol. The van der Waals surface area contributed by atoms with E-state index in [1.54, 1.807) is 6.92 Å². The predicted molar refractivity (Wildman–Crippen MR) is 97.8 cm³/mol. The smallest absolute Gasteiger partial charge is 0.302 e. The maximum absolute atomic E-state index is 13.1. The van der Waals surface area contributed by atoms with Gasteiger partial charge < -0.3 is 4.57 Å². The highest BCUT2D eigenvalue weighted by Gasteiger charge is 2.24. The van der Waals surface area contributed by atoms with E-state index in [1.165, 1.54) is 47.4 Å². The van der Waals surface area contributed by atoms with Gasteiger partial charge in [-0.3, -0.25) is 18.7 Å². The molecule has 0 radical (unpaired) electrons. The van der Waals surface area contributed by atoms with Crippen LogP contribution in [0.15, 0.2) is 38.6 Å². The normalized spacial score (nSPS) is 12.5. The Morgan fingerprint density at radius 1 is 1.27 bits per heavy atom. The molecule has 9 heteroatoms. The number of imidazole rings is 1. The number of halogens is 2. The molecule has 0 fully saturated rings. The second-order valence-electron chi connectivity index (χ2n) is 6.07. The number of fused-ring (bicyclic) bond motifs is 1. The van der Waals surface area contributed by atoms with Gasteiger partial charge in [-0.05, 0) is 47.5 Å². The molecule has 0 N–H and O–H groups in total. The third-order valence-electron chi connectivity index (χ3n) is 4.36. The van der Waals surface area contributed by atoms with Crippen molar-refractivity contribution in [2.75, 3.05) is 0 Å². The van der Waals surface area contributed by atoms with Crippen molar-refractivity contribution in [3.8, 4) is 0 Å². The Balaban J connectivity index is 2.29.